The van der Waals surface area contributed by atoms with Gasteiger partial charge in [-0.25, -0.2) is 0 Å². The van der Waals surface area contributed by atoms with Crippen molar-refractivity contribution in [3.63, 3.8) is 0 Å². The summed E-state index contributed by atoms with van der Waals surface area (Å²) in [4.78, 5) is 24.2. The predicted molar refractivity (Wildman–Crippen MR) is 131 cm³/mol. The first-order chi connectivity index (χ1) is 15.5. The van der Waals surface area contributed by atoms with Crippen LogP contribution in [0.4, 0.5) is 11.4 Å². The molecule has 0 aliphatic heterocycles. The smallest absolute Gasteiger partial charge is 0.261 e. The first-order valence-electron chi connectivity index (χ1n) is 10.3. The van der Waals surface area contributed by atoms with Gasteiger partial charge < -0.3 is 15.4 Å². The Labute approximate surface area is 193 Å². The molecule has 0 saturated heterocycles. The molecule has 3 rings (SSSR count). The molecule has 7 heteroatoms. The lowest BCUT2D eigenvalue weighted by Gasteiger charge is -2.13. The Kier molecular flexibility index (Phi) is 8.34. The number of thiocarbonyl (C=S) groups is 1. The van der Waals surface area contributed by atoms with E-state index in [1.807, 2.05) is 36.4 Å². The van der Waals surface area contributed by atoms with Gasteiger partial charge in [-0.15, -0.1) is 0 Å². The second-order valence-electron chi connectivity index (χ2n) is 6.97. The van der Waals surface area contributed by atoms with E-state index in [0.717, 1.165) is 6.42 Å². The summed E-state index contributed by atoms with van der Waals surface area (Å²) in [5.74, 6) is 0.0857. The lowest BCUT2D eigenvalue weighted by molar-refractivity contribution is -0.115. The van der Waals surface area contributed by atoms with Crippen LogP contribution in [0.3, 0.4) is 0 Å². The molecule has 0 aromatic heterocycles. The Bertz CT molecular complexity index is 1070. The van der Waals surface area contributed by atoms with Crippen molar-refractivity contribution in [3.05, 3.63) is 90.0 Å². The highest BCUT2D eigenvalue weighted by Gasteiger charge is 2.14. The van der Waals surface area contributed by atoms with Crippen LogP contribution in [0.2, 0.25) is 0 Å². The number of benzene rings is 3. The Morgan fingerprint density at radius 3 is 2.16 bits per heavy atom. The standard InChI is InChI=1S/C25H25N3O3S/c1-2-23(29)26-19-12-14-20(15-13-19)27-25(32)28-24(30)21-10-6-7-11-22(21)31-17-16-18-8-4-3-5-9-18/h3-15H,2,16-17H2,1H3,(H,26,29)(H2,27,28,30,32). The van der Waals surface area contributed by atoms with Crippen molar-refractivity contribution < 1.29 is 14.3 Å². The van der Waals surface area contributed by atoms with Crippen molar-refractivity contribution in [2.45, 2.75) is 19.8 Å². The molecule has 3 aromatic carbocycles. The van der Waals surface area contributed by atoms with E-state index in [0.29, 0.717) is 35.7 Å². The number of ether oxygens (including phenoxy) is 1. The minimum Gasteiger partial charge on any atom is -0.492 e. The number of nitrogens with one attached hydrogen (secondary N) is 3. The molecular formula is C25H25N3O3S. The van der Waals surface area contributed by atoms with Gasteiger partial charge in [0.15, 0.2) is 5.11 Å². The molecule has 0 saturated carbocycles. The second kappa shape index (κ2) is 11.6. The molecule has 2 amide bonds. The van der Waals surface area contributed by atoms with Crippen molar-refractivity contribution in [2.75, 3.05) is 17.2 Å². The van der Waals surface area contributed by atoms with Gasteiger partial charge in [0.25, 0.3) is 5.91 Å². The fourth-order valence-corrected chi connectivity index (χ4v) is 3.13. The van der Waals surface area contributed by atoms with Crippen molar-refractivity contribution in [2.24, 2.45) is 0 Å². The SMILES string of the molecule is CCC(=O)Nc1ccc(NC(=S)NC(=O)c2ccccc2OCCc2ccccc2)cc1. The Morgan fingerprint density at radius 1 is 0.844 bits per heavy atom. The molecule has 164 valence electrons. The summed E-state index contributed by atoms with van der Waals surface area (Å²) >= 11 is 5.27. The summed E-state index contributed by atoms with van der Waals surface area (Å²) in [7, 11) is 0. The molecule has 0 aliphatic rings. The minimum absolute atomic E-state index is 0.0573. The molecule has 0 aliphatic carbocycles. The first-order valence-corrected chi connectivity index (χ1v) is 10.7. The molecule has 3 N–H and O–H groups in total. The van der Waals surface area contributed by atoms with Gasteiger partial charge in [-0.05, 0) is 54.2 Å². The van der Waals surface area contributed by atoms with Gasteiger partial charge in [-0.3, -0.25) is 14.9 Å². The molecule has 6 nitrogen and oxygen atoms in total. The van der Waals surface area contributed by atoms with E-state index in [4.69, 9.17) is 17.0 Å². The van der Waals surface area contributed by atoms with E-state index in [9.17, 15) is 9.59 Å². The number of amides is 2. The van der Waals surface area contributed by atoms with Crippen LogP contribution in [-0.2, 0) is 11.2 Å². The van der Waals surface area contributed by atoms with Crippen LogP contribution in [-0.4, -0.2) is 23.5 Å². The van der Waals surface area contributed by atoms with E-state index in [1.54, 1.807) is 49.4 Å². The molecule has 0 unspecified atom stereocenters. The van der Waals surface area contributed by atoms with E-state index in [2.05, 4.69) is 16.0 Å². The fourth-order valence-electron chi connectivity index (χ4n) is 2.92. The normalized spacial score (nSPS) is 10.2. The van der Waals surface area contributed by atoms with Gasteiger partial charge in [0.2, 0.25) is 5.91 Å². The molecule has 0 heterocycles. The van der Waals surface area contributed by atoms with Crippen LogP contribution in [0.1, 0.15) is 29.3 Å². The fraction of sp³-hybridized carbons (Fsp3) is 0.160. The Morgan fingerprint density at radius 2 is 1.47 bits per heavy atom. The molecule has 0 fully saturated rings. The zero-order valence-electron chi connectivity index (χ0n) is 17.8. The summed E-state index contributed by atoms with van der Waals surface area (Å²) < 4.78 is 5.86. The number of carbonyl (C=O) groups is 2. The van der Waals surface area contributed by atoms with Crippen molar-refractivity contribution in [1.82, 2.24) is 5.32 Å². The van der Waals surface area contributed by atoms with Crippen LogP contribution in [0.15, 0.2) is 78.9 Å². The van der Waals surface area contributed by atoms with Gasteiger partial charge in [0.1, 0.15) is 5.75 Å². The highest BCUT2D eigenvalue weighted by Crippen LogP contribution is 2.19. The summed E-state index contributed by atoms with van der Waals surface area (Å²) in [6, 6.07) is 24.1. The van der Waals surface area contributed by atoms with E-state index < -0.39 is 0 Å². The summed E-state index contributed by atoms with van der Waals surface area (Å²) in [6.07, 6.45) is 1.15. The Balaban J connectivity index is 1.54. The van der Waals surface area contributed by atoms with Crippen LogP contribution in [0.25, 0.3) is 0 Å². The zero-order valence-corrected chi connectivity index (χ0v) is 18.6. The summed E-state index contributed by atoms with van der Waals surface area (Å²) in [5, 5.41) is 8.59. The molecule has 3 aromatic rings. The number of para-hydroxylation sites is 1. The quantitative estimate of drug-likeness (QED) is 0.433. The van der Waals surface area contributed by atoms with Crippen molar-refractivity contribution >= 4 is 40.5 Å². The van der Waals surface area contributed by atoms with Gasteiger partial charge in [-0.2, -0.15) is 0 Å². The largest absolute Gasteiger partial charge is 0.492 e. The maximum Gasteiger partial charge on any atom is 0.261 e. The van der Waals surface area contributed by atoms with Crippen LogP contribution in [0.5, 0.6) is 5.75 Å². The third-order valence-corrected chi connectivity index (χ3v) is 4.80. The molecular weight excluding hydrogens is 422 g/mol. The summed E-state index contributed by atoms with van der Waals surface area (Å²) in [6.45, 7) is 2.25. The van der Waals surface area contributed by atoms with E-state index >= 15 is 0 Å². The van der Waals surface area contributed by atoms with Crippen LogP contribution >= 0.6 is 12.2 Å². The minimum atomic E-state index is -0.357. The highest BCUT2D eigenvalue weighted by atomic mass is 32.1. The number of carbonyl (C=O) groups excluding carboxylic acids is 2. The van der Waals surface area contributed by atoms with Crippen molar-refractivity contribution in [3.8, 4) is 5.75 Å². The molecule has 32 heavy (non-hydrogen) atoms. The maximum atomic E-state index is 12.7. The number of anilines is 2. The third kappa shape index (κ3) is 6.92. The van der Waals surface area contributed by atoms with Gasteiger partial charge >= 0.3 is 0 Å². The third-order valence-electron chi connectivity index (χ3n) is 4.60. The zero-order chi connectivity index (χ0) is 22.8. The Hall–Kier alpha value is -3.71. The number of hydrogen-bond donors (Lipinski definition) is 3. The van der Waals surface area contributed by atoms with Gasteiger partial charge in [0, 0.05) is 24.2 Å². The van der Waals surface area contributed by atoms with Crippen LogP contribution < -0.4 is 20.7 Å². The number of rotatable bonds is 8. The lowest BCUT2D eigenvalue weighted by Crippen LogP contribution is -2.34. The number of hydrogen-bond acceptors (Lipinski definition) is 4. The predicted octanol–water partition coefficient (Wildman–Crippen LogP) is 4.78. The van der Waals surface area contributed by atoms with Crippen molar-refractivity contribution in [1.29, 1.82) is 0 Å². The molecule has 0 spiro atoms. The van der Waals surface area contributed by atoms with E-state index in [-0.39, 0.29) is 16.9 Å². The van der Waals surface area contributed by atoms with Gasteiger partial charge in [0.05, 0.1) is 12.2 Å². The lowest BCUT2D eigenvalue weighted by atomic mass is 10.1. The van der Waals surface area contributed by atoms with Gasteiger partial charge in [-0.1, -0.05) is 49.4 Å². The van der Waals surface area contributed by atoms with Crippen LogP contribution in [0, 0.1) is 0 Å². The maximum absolute atomic E-state index is 12.7. The monoisotopic (exact) mass is 447 g/mol. The highest BCUT2D eigenvalue weighted by molar-refractivity contribution is 7.80. The summed E-state index contributed by atoms with van der Waals surface area (Å²) in [5.41, 5.74) is 2.96. The molecule has 0 radical (unpaired) electrons. The second-order valence-corrected chi connectivity index (χ2v) is 7.38. The molecule has 0 atom stereocenters. The first kappa shape index (κ1) is 23.0. The molecule has 0 bridgehead atoms. The topological polar surface area (TPSA) is 79.5 Å². The van der Waals surface area contributed by atoms with E-state index in [1.165, 1.54) is 5.56 Å². The average molecular weight is 448 g/mol. The average Bonchev–Trinajstić information content (AvgIpc) is 2.81.